The van der Waals surface area contributed by atoms with Crippen LogP contribution in [0, 0.1) is 5.92 Å². The van der Waals surface area contributed by atoms with E-state index in [1.165, 1.54) is 0 Å². The summed E-state index contributed by atoms with van der Waals surface area (Å²) in [4.78, 5) is 16.3. The fraction of sp³-hybridized carbons (Fsp3) is 0.625. The van der Waals surface area contributed by atoms with Gasteiger partial charge in [-0.25, -0.2) is 4.98 Å². The highest BCUT2D eigenvalue weighted by atomic mass is 79.9. The largest absolute Gasteiger partial charge is 0.485 e. The first-order valence-corrected chi connectivity index (χ1v) is 8.36. The fourth-order valence-electron chi connectivity index (χ4n) is 2.62. The van der Waals surface area contributed by atoms with Crippen LogP contribution >= 0.6 is 15.9 Å². The number of hydrogen-bond acceptors (Lipinski definition) is 5. The van der Waals surface area contributed by atoms with Gasteiger partial charge in [-0.3, -0.25) is 4.79 Å². The summed E-state index contributed by atoms with van der Waals surface area (Å²) in [5, 5.41) is 0. The van der Waals surface area contributed by atoms with E-state index in [-0.39, 0.29) is 24.1 Å². The third-order valence-corrected chi connectivity index (χ3v) is 4.03. The molecule has 1 aliphatic rings. The number of nitrogens with zero attached hydrogens (tertiary/aromatic N) is 1. The molecule has 1 fully saturated rings. The van der Waals surface area contributed by atoms with E-state index in [0.29, 0.717) is 22.7 Å². The van der Waals surface area contributed by atoms with E-state index in [2.05, 4.69) is 20.9 Å². The van der Waals surface area contributed by atoms with Gasteiger partial charge in [-0.2, -0.15) is 0 Å². The van der Waals surface area contributed by atoms with Crippen LogP contribution in [-0.2, 0) is 9.53 Å². The van der Waals surface area contributed by atoms with Gasteiger partial charge >= 0.3 is 5.97 Å². The molecule has 2 rings (SSSR count). The fourth-order valence-corrected chi connectivity index (χ4v) is 2.91. The Labute approximate surface area is 139 Å². The summed E-state index contributed by atoms with van der Waals surface area (Å²) in [6.07, 6.45) is 3.31. The van der Waals surface area contributed by atoms with Crippen LogP contribution in [0.4, 0.5) is 0 Å². The summed E-state index contributed by atoms with van der Waals surface area (Å²) in [6, 6.07) is 3.64. The maximum Gasteiger partial charge on any atom is 0.309 e. The molecule has 0 N–H and O–H groups in total. The molecule has 1 aromatic rings. The summed E-state index contributed by atoms with van der Waals surface area (Å²) in [5.41, 5.74) is 0. The Morgan fingerprint density at radius 2 is 2.14 bits per heavy atom. The van der Waals surface area contributed by atoms with E-state index >= 15 is 0 Å². The van der Waals surface area contributed by atoms with E-state index in [9.17, 15) is 4.79 Å². The number of methoxy groups -OCH3 is 1. The van der Waals surface area contributed by atoms with Crippen molar-refractivity contribution in [1.29, 1.82) is 0 Å². The lowest BCUT2D eigenvalue weighted by Gasteiger charge is -2.29. The van der Waals surface area contributed by atoms with Gasteiger partial charge in [-0.1, -0.05) is 0 Å². The predicted octanol–water partition coefficient (Wildman–Crippen LogP) is 3.74. The molecule has 1 aromatic heterocycles. The normalized spacial score (nSPS) is 21.5. The highest BCUT2D eigenvalue weighted by Crippen LogP contribution is 2.33. The number of carbonyl (C=O) groups is 1. The molecule has 1 aliphatic carbocycles. The van der Waals surface area contributed by atoms with E-state index in [1.807, 2.05) is 26.0 Å². The molecule has 0 amide bonds. The summed E-state index contributed by atoms with van der Waals surface area (Å²) < 4.78 is 17.2. The molecule has 1 saturated carbocycles. The van der Waals surface area contributed by atoms with Crippen LogP contribution in [0.2, 0.25) is 0 Å². The summed E-state index contributed by atoms with van der Waals surface area (Å²) in [5.74, 6) is 0.842. The van der Waals surface area contributed by atoms with E-state index in [1.54, 1.807) is 7.11 Å². The minimum absolute atomic E-state index is 0.0182. The van der Waals surface area contributed by atoms with Gasteiger partial charge in [0.2, 0.25) is 0 Å². The van der Waals surface area contributed by atoms with Crippen LogP contribution in [0.1, 0.15) is 39.5 Å². The second-order valence-corrected chi connectivity index (χ2v) is 6.54. The highest BCUT2D eigenvalue weighted by molar-refractivity contribution is 9.10. The van der Waals surface area contributed by atoms with Crippen molar-refractivity contribution in [2.75, 3.05) is 7.11 Å². The third-order valence-electron chi connectivity index (χ3n) is 3.59. The Hall–Kier alpha value is -1.30. The molecule has 0 aliphatic heterocycles. The van der Waals surface area contributed by atoms with Crippen molar-refractivity contribution in [3.8, 4) is 11.6 Å². The van der Waals surface area contributed by atoms with Crippen molar-refractivity contribution >= 4 is 21.9 Å². The van der Waals surface area contributed by atoms with Gasteiger partial charge in [0.15, 0.2) is 5.75 Å². The van der Waals surface area contributed by atoms with E-state index in [0.717, 1.165) is 19.3 Å². The zero-order chi connectivity index (χ0) is 16.1. The van der Waals surface area contributed by atoms with Crippen LogP contribution < -0.4 is 9.47 Å². The van der Waals surface area contributed by atoms with Gasteiger partial charge in [-0.15, -0.1) is 0 Å². The zero-order valence-corrected chi connectivity index (χ0v) is 14.8. The number of aromatic nitrogens is 1. The van der Waals surface area contributed by atoms with Crippen LogP contribution in [0.25, 0.3) is 0 Å². The molecule has 0 radical (unpaired) electrons. The molecule has 5 nitrogen and oxygen atoms in total. The van der Waals surface area contributed by atoms with E-state index in [4.69, 9.17) is 14.2 Å². The first kappa shape index (κ1) is 17.1. The molecule has 0 bridgehead atoms. The Kier molecular flexibility index (Phi) is 6.06. The van der Waals surface area contributed by atoms with E-state index < -0.39 is 0 Å². The zero-order valence-electron chi connectivity index (χ0n) is 13.2. The number of hydrogen-bond donors (Lipinski definition) is 0. The molecule has 1 heterocycles. The number of carbonyl (C=O) groups excluding carboxylic acids is 1. The molecule has 0 aromatic carbocycles. The SMILES string of the molecule is COc1nc(Br)ccc1O[C@H]1CCC[C@H](C(=O)OC(C)C)C1. The predicted molar refractivity (Wildman–Crippen MR) is 86.1 cm³/mol. The number of ether oxygens (including phenoxy) is 3. The third kappa shape index (κ3) is 4.60. The van der Waals surface area contributed by atoms with Gasteiger partial charge in [0, 0.05) is 0 Å². The maximum absolute atomic E-state index is 12.1. The van der Waals surface area contributed by atoms with Crippen molar-refractivity contribution in [1.82, 2.24) is 4.98 Å². The van der Waals surface area contributed by atoms with Gasteiger partial charge in [0.05, 0.1) is 25.2 Å². The average molecular weight is 372 g/mol. The maximum atomic E-state index is 12.1. The van der Waals surface area contributed by atoms with Crippen molar-refractivity contribution in [3.05, 3.63) is 16.7 Å². The topological polar surface area (TPSA) is 57.7 Å². The van der Waals surface area contributed by atoms with Crippen molar-refractivity contribution in [3.63, 3.8) is 0 Å². The highest BCUT2D eigenvalue weighted by Gasteiger charge is 2.30. The van der Waals surface area contributed by atoms with Crippen molar-refractivity contribution in [2.24, 2.45) is 5.92 Å². The molecular formula is C16H22BrNO4. The standard InChI is InChI=1S/C16H22BrNO4/c1-10(2)21-16(19)11-5-4-6-12(9-11)22-13-7-8-14(17)18-15(13)20-3/h7-8,10-12H,4-6,9H2,1-3H3/t11-,12-/m0/s1. The van der Waals surface area contributed by atoms with Crippen LogP contribution in [0.3, 0.4) is 0 Å². The smallest absolute Gasteiger partial charge is 0.309 e. The second-order valence-electron chi connectivity index (χ2n) is 5.73. The quantitative estimate of drug-likeness (QED) is 0.582. The average Bonchev–Trinajstić information content (AvgIpc) is 2.48. The molecule has 122 valence electrons. The van der Waals surface area contributed by atoms with Crippen LogP contribution in [0.15, 0.2) is 16.7 Å². The minimum atomic E-state index is -0.121. The molecule has 6 heteroatoms. The Bertz CT molecular complexity index is 521. The monoisotopic (exact) mass is 371 g/mol. The lowest BCUT2D eigenvalue weighted by Crippen LogP contribution is -2.31. The second kappa shape index (κ2) is 7.81. The summed E-state index contributed by atoms with van der Waals surface area (Å²) in [7, 11) is 1.56. The van der Waals surface area contributed by atoms with Crippen molar-refractivity contribution < 1.29 is 19.0 Å². The molecule has 0 saturated heterocycles. The number of esters is 1. The molecular weight excluding hydrogens is 350 g/mol. The first-order chi connectivity index (χ1) is 10.5. The van der Waals surface area contributed by atoms with Gasteiger partial charge in [0.1, 0.15) is 4.60 Å². The number of halogens is 1. The Morgan fingerprint density at radius 3 is 2.82 bits per heavy atom. The lowest BCUT2D eigenvalue weighted by molar-refractivity contribution is -0.154. The number of rotatable bonds is 5. The van der Waals surface area contributed by atoms with Crippen LogP contribution in [-0.4, -0.2) is 30.3 Å². The van der Waals surface area contributed by atoms with Crippen LogP contribution in [0.5, 0.6) is 11.6 Å². The van der Waals surface area contributed by atoms with Gasteiger partial charge in [0.25, 0.3) is 5.88 Å². The summed E-state index contributed by atoms with van der Waals surface area (Å²) >= 11 is 3.31. The molecule has 0 unspecified atom stereocenters. The lowest BCUT2D eigenvalue weighted by atomic mass is 9.87. The molecule has 0 spiro atoms. The molecule has 22 heavy (non-hydrogen) atoms. The summed E-state index contributed by atoms with van der Waals surface area (Å²) in [6.45, 7) is 3.74. The number of pyridine rings is 1. The molecule has 2 atom stereocenters. The van der Waals surface area contributed by atoms with Crippen molar-refractivity contribution in [2.45, 2.75) is 51.7 Å². The van der Waals surface area contributed by atoms with Gasteiger partial charge in [-0.05, 0) is 67.6 Å². The van der Waals surface area contributed by atoms with Gasteiger partial charge < -0.3 is 14.2 Å². The first-order valence-electron chi connectivity index (χ1n) is 7.57. The minimum Gasteiger partial charge on any atom is -0.485 e. The Balaban J connectivity index is 2.00. The Morgan fingerprint density at radius 1 is 1.36 bits per heavy atom.